The van der Waals surface area contributed by atoms with Crippen molar-refractivity contribution in [3.63, 3.8) is 0 Å². The Hall–Kier alpha value is -2.38. The number of nitrogens with zero attached hydrogens (tertiary/aromatic N) is 4. The molecule has 1 aliphatic rings. The van der Waals surface area contributed by atoms with Crippen LogP contribution in [0.1, 0.15) is 47.7 Å². The van der Waals surface area contributed by atoms with Crippen LogP contribution in [-0.2, 0) is 13.1 Å². The minimum atomic E-state index is -0.295. The Balaban J connectivity index is 1.67. The first kappa shape index (κ1) is 12.6. The highest BCUT2D eigenvalue weighted by Gasteiger charge is 2.30. The molecule has 1 fully saturated rings. The zero-order valence-electron chi connectivity index (χ0n) is 11.3. The maximum absolute atomic E-state index is 12.1. The zero-order valence-corrected chi connectivity index (χ0v) is 11.3. The Morgan fingerprint density at radius 2 is 2.40 bits per heavy atom. The quantitative estimate of drug-likeness (QED) is 0.731. The second-order valence-corrected chi connectivity index (χ2v) is 4.89. The summed E-state index contributed by atoms with van der Waals surface area (Å²) in [5, 5.41) is 17.4. The second kappa shape index (κ2) is 4.95. The topological polar surface area (TPSA) is 115 Å². The van der Waals surface area contributed by atoms with Crippen molar-refractivity contribution in [3.05, 3.63) is 23.5 Å². The molecule has 0 atom stereocenters. The van der Waals surface area contributed by atoms with Gasteiger partial charge in [-0.25, -0.2) is 0 Å². The Bertz CT molecular complexity index is 626. The SMILES string of the molecule is CCn1cnnc1CNC(=O)c1n[nH]c(C2CC2)c1N. The number of aromatic amines is 1. The summed E-state index contributed by atoms with van der Waals surface area (Å²) >= 11 is 0. The van der Waals surface area contributed by atoms with Gasteiger partial charge in [-0.05, 0) is 19.8 Å². The second-order valence-electron chi connectivity index (χ2n) is 4.89. The van der Waals surface area contributed by atoms with Gasteiger partial charge >= 0.3 is 0 Å². The summed E-state index contributed by atoms with van der Waals surface area (Å²) in [7, 11) is 0. The van der Waals surface area contributed by atoms with E-state index in [1.165, 1.54) is 0 Å². The molecule has 1 amide bonds. The Morgan fingerprint density at radius 1 is 1.60 bits per heavy atom. The number of H-pyrrole nitrogens is 1. The Morgan fingerprint density at radius 3 is 3.10 bits per heavy atom. The van der Waals surface area contributed by atoms with Gasteiger partial charge in [0, 0.05) is 12.5 Å². The Labute approximate surface area is 115 Å². The number of anilines is 1. The predicted octanol–water partition coefficient (Wildman–Crippen LogP) is 0.411. The number of aryl methyl sites for hydroxylation is 1. The molecule has 0 aromatic carbocycles. The highest BCUT2D eigenvalue weighted by Crippen LogP contribution is 2.42. The summed E-state index contributed by atoms with van der Waals surface area (Å²) in [6.45, 7) is 3.05. The number of hydrogen-bond acceptors (Lipinski definition) is 5. The number of carbonyl (C=O) groups is 1. The average Bonchev–Trinajstić information content (AvgIpc) is 3.06. The molecule has 1 saturated carbocycles. The molecule has 2 heterocycles. The van der Waals surface area contributed by atoms with Gasteiger partial charge in [0.15, 0.2) is 11.5 Å². The summed E-state index contributed by atoms with van der Waals surface area (Å²) in [6, 6.07) is 0. The zero-order chi connectivity index (χ0) is 14.1. The maximum Gasteiger partial charge on any atom is 0.274 e. The summed E-state index contributed by atoms with van der Waals surface area (Å²) in [5.74, 6) is 0.848. The number of carbonyl (C=O) groups excluding carboxylic acids is 1. The highest BCUT2D eigenvalue weighted by atomic mass is 16.2. The fourth-order valence-electron chi connectivity index (χ4n) is 2.14. The van der Waals surface area contributed by atoms with Crippen molar-refractivity contribution in [1.29, 1.82) is 0 Å². The van der Waals surface area contributed by atoms with E-state index in [0.29, 0.717) is 24.0 Å². The van der Waals surface area contributed by atoms with Crippen LogP contribution in [-0.4, -0.2) is 30.9 Å². The largest absolute Gasteiger partial charge is 0.395 e. The summed E-state index contributed by atoms with van der Waals surface area (Å²) in [4.78, 5) is 12.1. The molecule has 3 rings (SSSR count). The van der Waals surface area contributed by atoms with E-state index in [2.05, 4.69) is 25.7 Å². The van der Waals surface area contributed by atoms with Gasteiger partial charge in [-0.3, -0.25) is 9.89 Å². The van der Waals surface area contributed by atoms with Crippen LogP contribution in [0.2, 0.25) is 0 Å². The molecule has 106 valence electrons. The first-order valence-electron chi connectivity index (χ1n) is 6.69. The van der Waals surface area contributed by atoms with Gasteiger partial charge in [0.2, 0.25) is 0 Å². The summed E-state index contributed by atoms with van der Waals surface area (Å²) < 4.78 is 1.86. The van der Waals surface area contributed by atoms with Crippen molar-refractivity contribution in [3.8, 4) is 0 Å². The Kier molecular flexibility index (Phi) is 3.13. The number of nitrogens with one attached hydrogen (secondary N) is 2. The number of hydrogen-bond donors (Lipinski definition) is 3. The molecule has 4 N–H and O–H groups in total. The molecule has 8 nitrogen and oxygen atoms in total. The minimum absolute atomic E-state index is 0.259. The number of rotatable bonds is 5. The third kappa shape index (κ3) is 2.24. The summed E-state index contributed by atoms with van der Waals surface area (Å²) in [5.41, 5.74) is 7.56. The van der Waals surface area contributed by atoms with Crippen LogP contribution in [0.15, 0.2) is 6.33 Å². The molecule has 0 radical (unpaired) electrons. The third-order valence-corrected chi connectivity index (χ3v) is 3.48. The number of aromatic nitrogens is 5. The molecule has 0 bridgehead atoms. The van der Waals surface area contributed by atoms with Crippen LogP contribution in [0.25, 0.3) is 0 Å². The molecule has 1 aliphatic carbocycles. The smallest absolute Gasteiger partial charge is 0.274 e. The van der Waals surface area contributed by atoms with Crippen molar-refractivity contribution in [2.75, 3.05) is 5.73 Å². The monoisotopic (exact) mass is 275 g/mol. The van der Waals surface area contributed by atoms with Crippen LogP contribution in [0.3, 0.4) is 0 Å². The van der Waals surface area contributed by atoms with E-state index < -0.39 is 0 Å². The molecule has 0 spiro atoms. The van der Waals surface area contributed by atoms with Gasteiger partial charge in [0.25, 0.3) is 5.91 Å². The summed E-state index contributed by atoms with van der Waals surface area (Å²) in [6.07, 6.45) is 3.84. The lowest BCUT2D eigenvalue weighted by Crippen LogP contribution is -2.25. The lowest BCUT2D eigenvalue weighted by atomic mass is 10.2. The van der Waals surface area contributed by atoms with E-state index in [9.17, 15) is 4.79 Å². The molecule has 0 saturated heterocycles. The van der Waals surface area contributed by atoms with E-state index >= 15 is 0 Å². The van der Waals surface area contributed by atoms with E-state index in [4.69, 9.17) is 5.73 Å². The molecule has 0 unspecified atom stereocenters. The van der Waals surface area contributed by atoms with Crippen LogP contribution in [0.4, 0.5) is 5.69 Å². The lowest BCUT2D eigenvalue weighted by Gasteiger charge is -2.05. The van der Waals surface area contributed by atoms with E-state index in [1.807, 2.05) is 11.5 Å². The van der Waals surface area contributed by atoms with E-state index in [1.54, 1.807) is 6.33 Å². The first-order valence-corrected chi connectivity index (χ1v) is 6.69. The van der Waals surface area contributed by atoms with Crippen molar-refractivity contribution >= 4 is 11.6 Å². The van der Waals surface area contributed by atoms with Crippen molar-refractivity contribution in [2.24, 2.45) is 0 Å². The maximum atomic E-state index is 12.1. The van der Waals surface area contributed by atoms with Crippen LogP contribution in [0.5, 0.6) is 0 Å². The normalized spacial score (nSPS) is 14.4. The van der Waals surface area contributed by atoms with Gasteiger partial charge in [-0.1, -0.05) is 0 Å². The lowest BCUT2D eigenvalue weighted by molar-refractivity contribution is 0.0945. The van der Waals surface area contributed by atoms with Gasteiger partial charge in [0.05, 0.1) is 17.9 Å². The van der Waals surface area contributed by atoms with Crippen LogP contribution < -0.4 is 11.1 Å². The molecule has 2 aromatic heterocycles. The molecular formula is C12H17N7O. The van der Waals surface area contributed by atoms with Crippen molar-refractivity contribution in [1.82, 2.24) is 30.3 Å². The highest BCUT2D eigenvalue weighted by molar-refractivity contribution is 5.97. The fourth-order valence-corrected chi connectivity index (χ4v) is 2.14. The van der Waals surface area contributed by atoms with E-state index in [-0.39, 0.29) is 11.6 Å². The van der Waals surface area contributed by atoms with Crippen molar-refractivity contribution < 1.29 is 4.79 Å². The molecular weight excluding hydrogens is 258 g/mol. The number of nitrogens with two attached hydrogens (primary N) is 1. The molecule has 8 heteroatoms. The standard InChI is InChI=1S/C12H17N7O/c1-2-19-6-15-16-8(19)5-14-12(20)11-9(13)10(17-18-11)7-3-4-7/h6-7H,2-5,13H2,1H3,(H,14,20)(H,17,18). The average molecular weight is 275 g/mol. The molecule has 2 aromatic rings. The number of nitrogen functional groups attached to an aromatic ring is 1. The van der Waals surface area contributed by atoms with Crippen LogP contribution in [0, 0.1) is 0 Å². The van der Waals surface area contributed by atoms with Gasteiger partial charge < -0.3 is 15.6 Å². The van der Waals surface area contributed by atoms with Gasteiger partial charge in [0.1, 0.15) is 6.33 Å². The molecule has 20 heavy (non-hydrogen) atoms. The van der Waals surface area contributed by atoms with Gasteiger partial charge in [-0.2, -0.15) is 5.10 Å². The minimum Gasteiger partial charge on any atom is -0.395 e. The number of amides is 1. The fraction of sp³-hybridized carbons (Fsp3) is 0.500. The van der Waals surface area contributed by atoms with E-state index in [0.717, 1.165) is 25.1 Å². The molecule has 0 aliphatic heterocycles. The predicted molar refractivity (Wildman–Crippen MR) is 71.8 cm³/mol. The third-order valence-electron chi connectivity index (χ3n) is 3.48. The van der Waals surface area contributed by atoms with Crippen molar-refractivity contribution in [2.45, 2.75) is 38.8 Å². The first-order chi connectivity index (χ1) is 9.70. The van der Waals surface area contributed by atoms with Gasteiger partial charge in [-0.15, -0.1) is 10.2 Å². The van der Waals surface area contributed by atoms with Crippen LogP contribution >= 0.6 is 0 Å².